The summed E-state index contributed by atoms with van der Waals surface area (Å²) in [6, 6.07) is 15.8. The molecule has 6 rings (SSSR count). The minimum Gasteiger partial charge on any atom is -0.496 e. The number of sulfonamides is 1. The Bertz CT molecular complexity index is 1460. The third kappa shape index (κ3) is 4.43. The summed E-state index contributed by atoms with van der Waals surface area (Å²) >= 11 is 0. The van der Waals surface area contributed by atoms with Crippen molar-refractivity contribution in [1.29, 1.82) is 0 Å². The van der Waals surface area contributed by atoms with Gasteiger partial charge in [-0.1, -0.05) is 25.0 Å². The van der Waals surface area contributed by atoms with Crippen molar-refractivity contribution in [3.05, 3.63) is 71.3 Å². The summed E-state index contributed by atoms with van der Waals surface area (Å²) in [6.45, 7) is 0.819. The molecule has 0 aromatic heterocycles. The summed E-state index contributed by atoms with van der Waals surface area (Å²) in [5.74, 6) is 2.76. The van der Waals surface area contributed by atoms with E-state index in [2.05, 4.69) is 4.72 Å². The number of hydrogen-bond donors (Lipinski definition) is 1. The van der Waals surface area contributed by atoms with Crippen LogP contribution in [0.3, 0.4) is 0 Å². The predicted octanol–water partition coefficient (Wildman–Crippen LogP) is 5.42. The summed E-state index contributed by atoms with van der Waals surface area (Å²) in [5.41, 5.74) is 3.36. The fourth-order valence-corrected chi connectivity index (χ4v) is 6.92. The number of methoxy groups -OCH3 is 2. The second kappa shape index (κ2) is 10.0. The highest BCUT2D eigenvalue weighted by Crippen LogP contribution is 2.53. The molecule has 2 aliphatic heterocycles. The van der Waals surface area contributed by atoms with Crippen LogP contribution in [0.4, 0.5) is 5.69 Å². The van der Waals surface area contributed by atoms with Crippen molar-refractivity contribution in [3.63, 3.8) is 0 Å². The Labute approximate surface area is 222 Å². The van der Waals surface area contributed by atoms with Gasteiger partial charge in [-0.2, -0.15) is 0 Å². The SMILES string of the molecule is COc1ccc(OC)c2c1[C@@H](c1cccc(NS(=O)(=O)c3ccc4c(c3)OCCO4)c1)O[C@@H]1CCCC[C@@H]21. The third-order valence-electron chi connectivity index (χ3n) is 7.56. The summed E-state index contributed by atoms with van der Waals surface area (Å²) in [6.07, 6.45) is 3.89. The van der Waals surface area contributed by atoms with E-state index in [0.29, 0.717) is 30.4 Å². The van der Waals surface area contributed by atoms with Gasteiger partial charge in [-0.15, -0.1) is 0 Å². The summed E-state index contributed by atoms with van der Waals surface area (Å²) in [7, 11) is -0.520. The molecule has 0 spiro atoms. The molecule has 38 heavy (non-hydrogen) atoms. The summed E-state index contributed by atoms with van der Waals surface area (Å²) in [4.78, 5) is 0.0999. The van der Waals surface area contributed by atoms with Crippen LogP contribution in [0.25, 0.3) is 0 Å². The smallest absolute Gasteiger partial charge is 0.262 e. The highest BCUT2D eigenvalue weighted by molar-refractivity contribution is 7.92. The number of rotatable bonds is 6. The van der Waals surface area contributed by atoms with Crippen molar-refractivity contribution >= 4 is 15.7 Å². The molecule has 0 saturated heterocycles. The largest absolute Gasteiger partial charge is 0.496 e. The van der Waals surface area contributed by atoms with Gasteiger partial charge in [0.05, 0.1) is 25.2 Å². The number of anilines is 1. The topological polar surface area (TPSA) is 92.3 Å². The molecule has 8 nitrogen and oxygen atoms in total. The van der Waals surface area contributed by atoms with Gasteiger partial charge < -0.3 is 23.7 Å². The first-order valence-electron chi connectivity index (χ1n) is 12.9. The Morgan fingerprint density at radius 1 is 0.842 bits per heavy atom. The van der Waals surface area contributed by atoms with E-state index >= 15 is 0 Å². The molecule has 0 unspecified atom stereocenters. The van der Waals surface area contributed by atoms with Gasteiger partial charge in [0.2, 0.25) is 0 Å². The van der Waals surface area contributed by atoms with Crippen molar-refractivity contribution in [1.82, 2.24) is 0 Å². The predicted molar refractivity (Wildman–Crippen MR) is 142 cm³/mol. The van der Waals surface area contributed by atoms with Crippen molar-refractivity contribution in [2.45, 2.75) is 48.7 Å². The number of ether oxygens (including phenoxy) is 5. The Hall–Kier alpha value is -3.43. The molecule has 1 aliphatic carbocycles. The minimum absolute atomic E-state index is 0.0559. The monoisotopic (exact) mass is 537 g/mol. The van der Waals surface area contributed by atoms with Crippen LogP contribution in [0, 0.1) is 0 Å². The molecule has 3 aromatic carbocycles. The van der Waals surface area contributed by atoms with Crippen molar-refractivity contribution in [2.24, 2.45) is 0 Å². The molecule has 9 heteroatoms. The van der Waals surface area contributed by atoms with Crippen LogP contribution >= 0.6 is 0 Å². The quantitative estimate of drug-likeness (QED) is 0.449. The maximum absolute atomic E-state index is 13.3. The fourth-order valence-electron chi connectivity index (χ4n) is 5.85. The zero-order chi connectivity index (χ0) is 26.3. The normalized spacial score (nSPS) is 22.1. The molecule has 3 aliphatic rings. The number of hydrogen-bond acceptors (Lipinski definition) is 7. The van der Waals surface area contributed by atoms with Crippen LogP contribution in [0.2, 0.25) is 0 Å². The van der Waals surface area contributed by atoms with Crippen molar-refractivity contribution in [3.8, 4) is 23.0 Å². The van der Waals surface area contributed by atoms with Crippen LogP contribution in [0.5, 0.6) is 23.0 Å². The van der Waals surface area contributed by atoms with Crippen molar-refractivity contribution in [2.75, 3.05) is 32.2 Å². The Kier molecular flexibility index (Phi) is 6.57. The lowest BCUT2D eigenvalue weighted by Gasteiger charge is -2.42. The van der Waals surface area contributed by atoms with Gasteiger partial charge in [-0.3, -0.25) is 4.72 Å². The van der Waals surface area contributed by atoms with E-state index in [4.69, 9.17) is 23.7 Å². The first kappa shape index (κ1) is 24.9. The van der Waals surface area contributed by atoms with Crippen LogP contribution in [0.15, 0.2) is 59.5 Å². The highest BCUT2D eigenvalue weighted by Gasteiger charge is 2.41. The second-order valence-corrected chi connectivity index (χ2v) is 11.5. The third-order valence-corrected chi connectivity index (χ3v) is 8.94. The van der Waals surface area contributed by atoms with E-state index in [1.54, 1.807) is 26.4 Å². The molecular formula is C29H31NO7S. The lowest BCUT2D eigenvalue weighted by molar-refractivity contribution is -0.0406. The zero-order valence-electron chi connectivity index (χ0n) is 21.4. The second-order valence-electron chi connectivity index (χ2n) is 9.78. The van der Waals surface area contributed by atoms with Crippen LogP contribution in [-0.2, 0) is 14.8 Å². The Balaban J connectivity index is 1.36. The number of benzene rings is 3. The fraction of sp³-hybridized carbons (Fsp3) is 0.379. The van der Waals surface area contributed by atoms with Gasteiger partial charge in [0.1, 0.15) is 30.8 Å². The molecule has 0 radical (unpaired) electrons. The highest BCUT2D eigenvalue weighted by atomic mass is 32.2. The molecule has 1 N–H and O–H groups in total. The van der Waals surface area contributed by atoms with E-state index in [-0.39, 0.29) is 16.9 Å². The lowest BCUT2D eigenvalue weighted by Crippen LogP contribution is -2.34. The summed E-state index contributed by atoms with van der Waals surface area (Å²) in [5, 5.41) is 0. The maximum atomic E-state index is 13.3. The first-order valence-corrected chi connectivity index (χ1v) is 14.4. The van der Waals surface area contributed by atoms with Crippen LogP contribution < -0.4 is 23.7 Å². The van der Waals surface area contributed by atoms with Gasteiger partial charge in [-0.25, -0.2) is 8.42 Å². The average Bonchev–Trinajstić information content (AvgIpc) is 2.95. The zero-order valence-corrected chi connectivity index (χ0v) is 22.3. The molecule has 1 fully saturated rings. The molecule has 1 saturated carbocycles. The molecule has 3 aromatic rings. The molecule has 0 bridgehead atoms. The minimum atomic E-state index is -3.87. The molecule has 2 heterocycles. The van der Waals surface area contributed by atoms with E-state index < -0.39 is 16.1 Å². The van der Waals surface area contributed by atoms with E-state index in [0.717, 1.165) is 53.9 Å². The van der Waals surface area contributed by atoms with E-state index in [1.165, 1.54) is 12.1 Å². The lowest BCUT2D eigenvalue weighted by atomic mass is 9.75. The van der Waals surface area contributed by atoms with Crippen LogP contribution in [0.1, 0.15) is 54.4 Å². The molecule has 3 atom stereocenters. The number of fused-ring (bicyclic) bond motifs is 4. The maximum Gasteiger partial charge on any atom is 0.262 e. The van der Waals surface area contributed by atoms with Gasteiger partial charge in [-0.05, 0) is 54.8 Å². The Morgan fingerprint density at radius 2 is 1.58 bits per heavy atom. The Morgan fingerprint density at radius 3 is 2.37 bits per heavy atom. The standard InChI is InChI=1S/C29H31NO7S/c1-33-24-12-13-25(34-2)28-27(24)21-8-3-4-9-22(21)37-29(28)18-6-5-7-19(16-18)30-38(31,32)20-10-11-23-26(17-20)36-15-14-35-23/h5-7,10-13,16-17,21-22,29-30H,3-4,8-9,14-15H2,1-2H3/t21-,22-,29-/m1/s1. The molecule has 200 valence electrons. The van der Waals surface area contributed by atoms with Gasteiger partial charge in [0, 0.05) is 28.8 Å². The van der Waals surface area contributed by atoms with E-state index in [9.17, 15) is 8.42 Å². The van der Waals surface area contributed by atoms with Gasteiger partial charge in [0.15, 0.2) is 11.5 Å². The van der Waals surface area contributed by atoms with Crippen molar-refractivity contribution < 1.29 is 32.1 Å². The average molecular weight is 538 g/mol. The summed E-state index contributed by atoms with van der Waals surface area (Å²) < 4.78 is 58.7. The molecular weight excluding hydrogens is 506 g/mol. The van der Waals surface area contributed by atoms with Gasteiger partial charge in [0.25, 0.3) is 10.0 Å². The van der Waals surface area contributed by atoms with Gasteiger partial charge >= 0.3 is 0 Å². The van der Waals surface area contributed by atoms with E-state index in [1.807, 2.05) is 30.3 Å². The van der Waals surface area contributed by atoms with Crippen LogP contribution in [-0.4, -0.2) is 42.0 Å². The number of nitrogens with one attached hydrogen (secondary N) is 1. The molecule has 0 amide bonds. The first-order chi connectivity index (χ1) is 18.5.